The zero-order valence-corrected chi connectivity index (χ0v) is 12.7. The molecule has 1 N–H and O–H groups in total. The van der Waals surface area contributed by atoms with Crippen LogP contribution in [0.3, 0.4) is 0 Å². The molecule has 2 atom stereocenters. The van der Waals surface area contributed by atoms with Crippen LogP contribution in [0.4, 0.5) is 0 Å². The van der Waals surface area contributed by atoms with E-state index in [1.807, 2.05) is 0 Å². The second kappa shape index (κ2) is 5.50. The lowest BCUT2D eigenvalue weighted by atomic mass is 9.69. The predicted molar refractivity (Wildman–Crippen MR) is 76.6 cm³/mol. The molecule has 0 aromatic heterocycles. The molecule has 2 unspecified atom stereocenters. The van der Waals surface area contributed by atoms with Crippen LogP contribution in [-0.4, -0.2) is 35.2 Å². The monoisotopic (exact) mass is 253 g/mol. The first-order chi connectivity index (χ1) is 8.40. The third kappa shape index (κ3) is 3.48. The molecule has 0 heterocycles. The average Bonchev–Trinajstić information content (AvgIpc) is 3.06. The Balaban J connectivity index is 1.93. The molecule has 106 valence electrons. The largest absolute Gasteiger partial charge is 0.392 e. The van der Waals surface area contributed by atoms with E-state index in [0.29, 0.717) is 5.92 Å². The molecule has 18 heavy (non-hydrogen) atoms. The van der Waals surface area contributed by atoms with E-state index in [9.17, 15) is 5.11 Å². The van der Waals surface area contributed by atoms with Crippen molar-refractivity contribution in [3.8, 4) is 0 Å². The number of hydrogen-bond acceptors (Lipinski definition) is 2. The smallest absolute Gasteiger partial charge is 0.0631 e. The number of aliphatic hydroxyl groups excluding tert-OH is 1. The Morgan fingerprint density at radius 2 is 1.89 bits per heavy atom. The van der Waals surface area contributed by atoms with Gasteiger partial charge in [-0.05, 0) is 42.9 Å². The summed E-state index contributed by atoms with van der Waals surface area (Å²) in [5.41, 5.74) is 0.121. The Morgan fingerprint density at radius 3 is 2.44 bits per heavy atom. The summed E-state index contributed by atoms with van der Waals surface area (Å²) in [6.07, 6.45) is 6.32. The molecule has 0 spiro atoms. The first kappa shape index (κ1) is 14.3. The van der Waals surface area contributed by atoms with Crippen LogP contribution in [0.15, 0.2) is 0 Å². The van der Waals surface area contributed by atoms with Crippen molar-refractivity contribution in [1.29, 1.82) is 0 Å². The van der Waals surface area contributed by atoms with Gasteiger partial charge in [-0.3, -0.25) is 4.90 Å². The van der Waals surface area contributed by atoms with E-state index in [2.05, 4.69) is 32.6 Å². The van der Waals surface area contributed by atoms with Crippen LogP contribution in [0.2, 0.25) is 0 Å². The zero-order valence-electron chi connectivity index (χ0n) is 12.7. The van der Waals surface area contributed by atoms with E-state index in [1.54, 1.807) is 0 Å². The molecule has 0 radical (unpaired) electrons. The summed E-state index contributed by atoms with van der Waals surface area (Å²) in [5, 5.41) is 10.6. The molecule has 0 aromatic carbocycles. The maximum Gasteiger partial charge on any atom is 0.0631 e. The fraction of sp³-hybridized carbons (Fsp3) is 1.00. The van der Waals surface area contributed by atoms with E-state index >= 15 is 0 Å². The van der Waals surface area contributed by atoms with Crippen molar-refractivity contribution in [3.63, 3.8) is 0 Å². The van der Waals surface area contributed by atoms with E-state index in [4.69, 9.17) is 0 Å². The van der Waals surface area contributed by atoms with Crippen molar-refractivity contribution < 1.29 is 5.11 Å². The van der Waals surface area contributed by atoms with Crippen LogP contribution in [-0.2, 0) is 0 Å². The highest BCUT2D eigenvalue weighted by atomic mass is 16.3. The van der Waals surface area contributed by atoms with Gasteiger partial charge in [0.05, 0.1) is 6.10 Å². The second-order valence-electron chi connectivity index (χ2n) is 7.66. The van der Waals surface area contributed by atoms with Gasteiger partial charge >= 0.3 is 0 Å². The summed E-state index contributed by atoms with van der Waals surface area (Å²) in [6.45, 7) is 11.4. The normalized spacial score (nSPS) is 32.2. The van der Waals surface area contributed by atoms with Gasteiger partial charge in [-0.25, -0.2) is 0 Å². The molecule has 2 rings (SSSR count). The van der Waals surface area contributed by atoms with Crippen LogP contribution in [0.25, 0.3) is 0 Å². The summed E-state index contributed by atoms with van der Waals surface area (Å²) in [4.78, 5) is 2.65. The van der Waals surface area contributed by atoms with E-state index in [0.717, 1.165) is 18.5 Å². The first-order valence-electron chi connectivity index (χ1n) is 7.82. The SMILES string of the molecule is CC(C)CN(CC1CCCC(C)(C)C1O)C1CC1. The summed E-state index contributed by atoms with van der Waals surface area (Å²) in [5.74, 6) is 1.23. The highest BCUT2D eigenvalue weighted by Gasteiger charge is 2.40. The molecule has 2 aliphatic rings. The number of aliphatic hydroxyl groups is 1. The molecule has 0 aliphatic heterocycles. The molecule has 0 saturated heterocycles. The van der Waals surface area contributed by atoms with Gasteiger partial charge in [-0.15, -0.1) is 0 Å². The Morgan fingerprint density at radius 1 is 1.22 bits per heavy atom. The lowest BCUT2D eigenvalue weighted by Crippen LogP contribution is -2.46. The molecule has 0 bridgehead atoms. The lowest BCUT2D eigenvalue weighted by Gasteiger charge is -2.43. The fourth-order valence-corrected chi connectivity index (χ4v) is 3.54. The minimum Gasteiger partial charge on any atom is -0.392 e. The van der Waals surface area contributed by atoms with Crippen molar-refractivity contribution in [3.05, 3.63) is 0 Å². The van der Waals surface area contributed by atoms with Crippen molar-refractivity contribution in [2.45, 2.75) is 71.9 Å². The second-order valence-corrected chi connectivity index (χ2v) is 7.66. The van der Waals surface area contributed by atoms with Crippen LogP contribution >= 0.6 is 0 Å². The van der Waals surface area contributed by atoms with Crippen molar-refractivity contribution in [2.75, 3.05) is 13.1 Å². The maximum absolute atomic E-state index is 10.6. The van der Waals surface area contributed by atoms with Gasteiger partial charge in [-0.2, -0.15) is 0 Å². The fourth-order valence-electron chi connectivity index (χ4n) is 3.54. The Kier molecular flexibility index (Phi) is 4.38. The van der Waals surface area contributed by atoms with E-state index in [1.165, 1.54) is 38.6 Å². The molecular formula is C16H31NO. The van der Waals surface area contributed by atoms with Crippen molar-refractivity contribution in [2.24, 2.45) is 17.3 Å². The van der Waals surface area contributed by atoms with Crippen LogP contribution < -0.4 is 0 Å². The van der Waals surface area contributed by atoms with Gasteiger partial charge in [0, 0.05) is 19.1 Å². The summed E-state index contributed by atoms with van der Waals surface area (Å²) < 4.78 is 0. The minimum absolute atomic E-state index is 0.111. The number of nitrogens with zero attached hydrogens (tertiary/aromatic N) is 1. The van der Waals surface area contributed by atoms with Crippen molar-refractivity contribution >= 4 is 0 Å². The van der Waals surface area contributed by atoms with Gasteiger partial charge in [-0.1, -0.05) is 34.1 Å². The Hall–Kier alpha value is -0.0800. The summed E-state index contributed by atoms with van der Waals surface area (Å²) in [6, 6.07) is 0.824. The van der Waals surface area contributed by atoms with Gasteiger partial charge in [0.2, 0.25) is 0 Å². The molecule has 2 aliphatic carbocycles. The van der Waals surface area contributed by atoms with E-state index < -0.39 is 0 Å². The molecular weight excluding hydrogens is 222 g/mol. The van der Waals surface area contributed by atoms with Crippen LogP contribution in [0, 0.1) is 17.3 Å². The lowest BCUT2D eigenvalue weighted by molar-refractivity contribution is -0.0446. The highest BCUT2D eigenvalue weighted by molar-refractivity contribution is 4.92. The van der Waals surface area contributed by atoms with Crippen LogP contribution in [0.1, 0.15) is 59.8 Å². The summed E-state index contributed by atoms with van der Waals surface area (Å²) in [7, 11) is 0. The van der Waals surface area contributed by atoms with Gasteiger partial charge in [0.15, 0.2) is 0 Å². The first-order valence-corrected chi connectivity index (χ1v) is 7.82. The number of hydrogen-bond donors (Lipinski definition) is 1. The third-order valence-electron chi connectivity index (χ3n) is 4.78. The molecule has 2 nitrogen and oxygen atoms in total. The average molecular weight is 253 g/mol. The molecule has 2 heteroatoms. The predicted octanol–water partition coefficient (Wildman–Crippen LogP) is 3.29. The highest BCUT2D eigenvalue weighted by Crippen LogP contribution is 2.40. The Labute approximate surface area is 113 Å². The minimum atomic E-state index is -0.111. The molecule has 0 aromatic rings. The standard InChI is InChI=1S/C16H31NO/c1-12(2)10-17(14-7-8-14)11-13-6-5-9-16(3,4)15(13)18/h12-15,18H,5-11H2,1-4H3. The molecule has 2 fully saturated rings. The van der Waals surface area contributed by atoms with Crippen LogP contribution in [0.5, 0.6) is 0 Å². The zero-order chi connectivity index (χ0) is 13.3. The number of rotatable bonds is 5. The Bertz CT molecular complexity index is 270. The van der Waals surface area contributed by atoms with Gasteiger partial charge < -0.3 is 5.11 Å². The van der Waals surface area contributed by atoms with E-state index in [-0.39, 0.29) is 11.5 Å². The van der Waals surface area contributed by atoms with Crippen molar-refractivity contribution in [1.82, 2.24) is 4.90 Å². The molecule has 0 amide bonds. The quantitative estimate of drug-likeness (QED) is 0.812. The van der Waals surface area contributed by atoms with Gasteiger partial charge in [0.25, 0.3) is 0 Å². The topological polar surface area (TPSA) is 23.5 Å². The molecule has 2 saturated carbocycles. The summed E-state index contributed by atoms with van der Waals surface area (Å²) >= 11 is 0. The maximum atomic E-state index is 10.6. The van der Waals surface area contributed by atoms with Gasteiger partial charge in [0.1, 0.15) is 0 Å². The third-order valence-corrected chi connectivity index (χ3v) is 4.78.